The number of rotatable bonds is 6. The Labute approximate surface area is 79.0 Å². The Morgan fingerprint density at radius 3 is 2.54 bits per heavy atom. The second kappa shape index (κ2) is 5.12. The third-order valence-electron chi connectivity index (χ3n) is 2.27. The first-order chi connectivity index (χ1) is 5.99. The summed E-state index contributed by atoms with van der Waals surface area (Å²) >= 11 is 0. The monoisotopic (exact) mass is 187 g/mol. The van der Waals surface area contributed by atoms with Crippen molar-refractivity contribution in [1.82, 2.24) is 0 Å². The number of hydrogen-bond acceptors (Lipinski definition) is 2. The van der Waals surface area contributed by atoms with Crippen LogP contribution in [0.5, 0.6) is 0 Å². The Balaban J connectivity index is 4.23. The van der Waals surface area contributed by atoms with Crippen molar-refractivity contribution < 1.29 is 9.50 Å². The average molecular weight is 187 g/mol. The summed E-state index contributed by atoms with van der Waals surface area (Å²) in [6.45, 7) is 6.74. The molecule has 2 unspecified atom stereocenters. The Morgan fingerprint density at radius 1 is 1.69 bits per heavy atom. The summed E-state index contributed by atoms with van der Waals surface area (Å²) in [4.78, 5) is 0. The summed E-state index contributed by atoms with van der Waals surface area (Å²) in [6.07, 6.45) is 1.83. The lowest BCUT2D eigenvalue weighted by Gasteiger charge is -2.26. The zero-order chi connectivity index (χ0) is 10.5. The third-order valence-corrected chi connectivity index (χ3v) is 2.27. The van der Waals surface area contributed by atoms with E-state index >= 15 is 0 Å². The van der Waals surface area contributed by atoms with Gasteiger partial charge in [-0.3, -0.25) is 0 Å². The predicted octanol–water partition coefficient (Wildman–Crippen LogP) is 2.18. The van der Waals surface area contributed by atoms with E-state index in [4.69, 9.17) is 10.5 Å². The minimum atomic E-state index is -1.06. The molecule has 13 heavy (non-hydrogen) atoms. The van der Waals surface area contributed by atoms with Gasteiger partial charge in [-0.2, -0.15) is 0 Å². The average Bonchev–Trinajstić information content (AvgIpc) is 2.16. The highest BCUT2D eigenvalue weighted by atomic mass is 19.1. The first-order valence-electron chi connectivity index (χ1n) is 4.38. The van der Waals surface area contributed by atoms with E-state index in [2.05, 4.69) is 6.58 Å². The van der Waals surface area contributed by atoms with Crippen molar-refractivity contribution in [2.75, 3.05) is 6.61 Å². The quantitative estimate of drug-likeness (QED) is 0.486. The fourth-order valence-corrected chi connectivity index (χ4v) is 1.25. The number of nitrogens with one attached hydrogen (secondary N) is 1. The molecule has 0 fully saturated rings. The fourth-order valence-electron chi connectivity index (χ4n) is 1.25. The van der Waals surface area contributed by atoms with E-state index in [-0.39, 0.29) is 12.5 Å². The molecule has 0 aromatic carbocycles. The highest BCUT2D eigenvalue weighted by molar-refractivity contribution is 5.61. The van der Waals surface area contributed by atoms with E-state index in [0.29, 0.717) is 6.42 Å². The van der Waals surface area contributed by atoms with Gasteiger partial charge in [0, 0.05) is 11.6 Å². The van der Waals surface area contributed by atoms with E-state index < -0.39 is 11.6 Å². The van der Waals surface area contributed by atoms with Crippen molar-refractivity contribution in [3.63, 3.8) is 0 Å². The van der Waals surface area contributed by atoms with Gasteiger partial charge in [-0.15, -0.1) is 6.58 Å². The smallest absolute Gasteiger partial charge is 0.121 e. The fraction of sp³-hybridized carbons (Fsp3) is 0.700. The van der Waals surface area contributed by atoms with Crippen LogP contribution in [0.3, 0.4) is 0 Å². The number of aliphatic hydroxyl groups excluding tert-OH is 1. The number of aliphatic hydroxyl groups is 1. The van der Waals surface area contributed by atoms with Gasteiger partial charge in [0.1, 0.15) is 6.17 Å². The summed E-state index contributed by atoms with van der Waals surface area (Å²) < 4.78 is 13.1. The SMILES string of the molecule is C=CC(F)[C@H](C)CC(C)(C=N)CO. The second-order valence-corrected chi connectivity index (χ2v) is 3.82. The molecule has 0 aliphatic rings. The van der Waals surface area contributed by atoms with Gasteiger partial charge >= 0.3 is 0 Å². The van der Waals surface area contributed by atoms with Gasteiger partial charge < -0.3 is 10.5 Å². The molecule has 2 N–H and O–H groups in total. The first-order valence-corrected chi connectivity index (χ1v) is 4.38. The van der Waals surface area contributed by atoms with Gasteiger partial charge in [0.15, 0.2) is 0 Å². The van der Waals surface area contributed by atoms with Crippen LogP contribution in [0.2, 0.25) is 0 Å². The lowest BCUT2D eigenvalue weighted by molar-refractivity contribution is 0.156. The second-order valence-electron chi connectivity index (χ2n) is 3.82. The van der Waals surface area contributed by atoms with Gasteiger partial charge in [-0.1, -0.05) is 19.9 Å². The summed E-state index contributed by atoms with van der Waals surface area (Å²) in [7, 11) is 0. The molecule has 0 rings (SSSR count). The largest absolute Gasteiger partial charge is 0.395 e. The van der Waals surface area contributed by atoms with E-state index in [0.717, 1.165) is 0 Å². The van der Waals surface area contributed by atoms with Crippen molar-refractivity contribution in [2.24, 2.45) is 11.3 Å². The molecule has 0 heterocycles. The van der Waals surface area contributed by atoms with E-state index in [1.807, 2.05) is 0 Å². The van der Waals surface area contributed by atoms with Gasteiger partial charge in [-0.05, 0) is 12.3 Å². The van der Waals surface area contributed by atoms with Crippen molar-refractivity contribution in [3.8, 4) is 0 Å². The van der Waals surface area contributed by atoms with Crippen LogP contribution in [0, 0.1) is 16.7 Å². The molecule has 0 saturated heterocycles. The Morgan fingerprint density at radius 2 is 2.23 bits per heavy atom. The molecule has 0 aromatic rings. The van der Waals surface area contributed by atoms with E-state index in [1.54, 1.807) is 13.8 Å². The zero-order valence-corrected chi connectivity index (χ0v) is 8.26. The normalized spacial score (nSPS) is 20.0. The molecule has 0 aliphatic carbocycles. The lowest BCUT2D eigenvalue weighted by atomic mass is 9.81. The Kier molecular flexibility index (Phi) is 4.85. The molecule has 2 nitrogen and oxygen atoms in total. The summed E-state index contributed by atoms with van der Waals surface area (Å²) in [6, 6.07) is 0. The van der Waals surface area contributed by atoms with Crippen LogP contribution < -0.4 is 0 Å². The molecule has 0 amide bonds. The summed E-state index contributed by atoms with van der Waals surface area (Å²) in [5.41, 5.74) is -0.604. The van der Waals surface area contributed by atoms with Crippen LogP contribution in [0.4, 0.5) is 4.39 Å². The van der Waals surface area contributed by atoms with Crippen molar-refractivity contribution in [1.29, 1.82) is 5.41 Å². The Hall–Kier alpha value is -0.700. The minimum Gasteiger partial charge on any atom is -0.395 e. The molecular weight excluding hydrogens is 169 g/mol. The van der Waals surface area contributed by atoms with Crippen LogP contribution in [0.15, 0.2) is 12.7 Å². The maximum atomic E-state index is 13.1. The topological polar surface area (TPSA) is 44.1 Å². The standard InChI is InChI=1S/C10H18FNO/c1-4-9(11)8(2)5-10(3,6-12)7-13/h4,6,8-9,12-13H,1,5,7H2,2-3H3/t8-,9?,10?/m1/s1. The molecule has 0 saturated carbocycles. The number of allylic oxidation sites excluding steroid dienone is 1. The zero-order valence-electron chi connectivity index (χ0n) is 8.26. The molecule has 3 atom stereocenters. The molecule has 0 aromatic heterocycles. The molecule has 76 valence electrons. The van der Waals surface area contributed by atoms with Gasteiger partial charge in [0.05, 0.1) is 6.61 Å². The van der Waals surface area contributed by atoms with Crippen LogP contribution >= 0.6 is 0 Å². The summed E-state index contributed by atoms with van der Waals surface area (Å²) in [5.74, 6) is -0.212. The third kappa shape index (κ3) is 3.68. The van der Waals surface area contributed by atoms with Gasteiger partial charge in [-0.25, -0.2) is 4.39 Å². The van der Waals surface area contributed by atoms with E-state index in [9.17, 15) is 4.39 Å². The lowest BCUT2D eigenvalue weighted by Crippen LogP contribution is -2.28. The number of hydrogen-bond donors (Lipinski definition) is 2. The molecule has 0 spiro atoms. The number of alkyl halides is 1. The molecule has 0 radical (unpaired) electrons. The predicted molar refractivity (Wildman–Crippen MR) is 52.9 cm³/mol. The minimum absolute atomic E-state index is 0.120. The Bertz CT molecular complexity index is 184. The van der Waals surface area contributed by atoms with Crippen LogP contribution in [0.1, 0.15) is 20.3 Å². The van der Waals surface area contributed by atoms with E-state index in [1.165, 1.54) is 12.3 Å². The van der Waals surface area contributed by atoms with Gasteiger partial charge in [0.25, 0.3) is 0 Å². The van der Waals surface area contributed by atoms with Gasteiger partial charge in [0.2, 0.25) is 0 Å². The highest BCUT2D eigenvalue weighted by Gasteiger charge is 2.26. The first kappa shape index (κ1) is 12.3. The van der Waals surface area contributed by atoms with Crippen molar-refractivity contribution >= 4 is 6.21 Å². The molecule has 3 heteroatoms. The summed E-state index contributed by atoms with van der Waals surface area (Å²) in [5, 5.41) is 16.1. The highest BCUT2D eigenvalue weighted by Crippen LogP contribution is 2.26. The van der Waals surface area contributed by atoms with Crippen LogP contribution in [-0.4, -0.2) is 24.1 Å². The van der Waals surface area contributed by atoms with Crippen LogP contribution in [-0.2, 0) is 0 Å². The molecule has 0 aliphatic heterocycles. The number of halogens is 1. The molecule has 0 bridgehead atoms. The van der Waals surface area contributed by atoms with Crippen molar-refractivity contribution in [3.05, 3.63) is 12.7 Å². The maximum absolute atomic E-state index is 13.1. The van der Waals surface area contributed by atoms with Crippen LogP contribution in [0.25, 0.3) is 0 Å². The maximum Gasteiger partial charge on any atom is 0.121 e. The van der Waals surface area contributed by atoms with Crippen molar-refractivity contribution in [2.45, 2.75) is 26.4 Å². The molecular formula is C10H18FNO.